The molecule has 0 fully saturated rings. The Hall–Kier alpha value is -2.28. The third kappa shape index (κ3) is 2.37. The van der Waals surface area contributed by atoms with Crippen LogP contribution in [-0.4, -0.2) is 31.0 Å². The molecule has 10 nitrogen and oxygen atoms in total. The van der Waals surface area contributed by atoms with Crippen LogP contribution in [0.4, 0.5) is 17.1 Å². The fourth-order valence-corrected chi connectivity index (χ4v) is 3.30. The highest BCUT2D eigenvalue weighted by molar-refractivity contribution is 7.86. The zero-order chi connectivity index (χ0) is 17.0. The molecule has 2 aromatic rings. The quantitative estimate of drug-likeness (QED) is 0.238. The largest absolute Gasteiger partial charge is 0.505 e. The van der Waals surface area contributed by atoms with Crippen LogP contribution >= 0.6 is 0 Å². The first-order chi connectivity index (χ1) is 9.85. The van der Waals surface area contributed by atoms with Crippen molar-refractivity contribution >= 4 is 48.1 Å². The van der Waals surface area contributed by atoms with Gasteiger partial charge in [-0.15, -0.1) is 0 Å². The molecular weight excluding hydrogens is 338 g/mol. The molecule has 0 spiro atoms. The highest BCUT2D eigenvalue weighted by atomic mass is 32.2. The fraction of sp³-hybridized carbons (Fsp3) is 0. The molecule has 0 aromatic heterocycles. The minimum atomic E-state index is -4.79. The lowest BCUT2D eigenvalue weighted by atomic mass is 10.1. The summed E-state index contributed by atoms with van der Waals surface area (Å²) in [5, 5.41) is 9.53. The summed E-state index contributed by atoms with van der Waals surface area (Å²) in [6.45, 7) is 0. The molecule has 0 saturated carbocycles. The van der Waals surface area contributed by atoms with Crippen LogP contribution in [0.2, 0.25) is 0 Å². The molecule has 0 saturated heterocycles. The summed E-state index contributed by atoms with van der Waals surface area (Å²) >= 11 is 0. The van der Waals surface area contributed by atoms with Crippen molar-refractivity contribution in [3.05, 3.63) is 12.1 Å². The number of nitrogen functional groups attached to an aromatic ring is 3. The van der Waals surface area contributed by atoms with E-state index in [-0.39, 0.29) is 10.8 Å². The summed E-state index contributed by atoms with van der Waals surface area (Å²) in [5.74, 6) is -0.795. The van der Waals surface area contributed by atoms with Gasteiger partial charge in [-0.2, -0.15) is 16.8 Å². The first-order valence-corrected chi connectivity index (χ1v) is 8.31. The zero-order valence-electron chi connectivity index (χ0n) is 10.7. The second-order valence-electron chi connectivity index (χ2n) is 4.39. The van der Waals surface area contributed by atoms with Crippen LogP contribution in [0.5, 0.6) is 5.75 Å². The van der Waals surface area contributed by atoms with Crippen LogP contribution < -0.4 is 17.2 Å². The summed E-state index contributed by atoms with van der Waals surface area (Å²) in [6.07, 6.45) is 0. The van der Waals surface area contributed by atoms with E-state index < -0.39 is 52.8 Å². The summed E-state index contributed by atoms with van der Waals surface area (Å²) < 4.78 is 63.1. The molecule has 120 valence electrons. The van der Waals surface area contributed by atoms with Crippen molar-refractivity contribution in [2.45, 2.75) is 9.79 Å². The third-order valence-corrected chi connectivity index (χ3v) is 4.79. The topological polar surface area (TPSA) is 207 Å². The Labute approximate surface area is 124 Å². The van der Waals surface area contributed by atoms with Crippen LogP contribution in [0.1, 0.15) is 0 Å². The summed E-state index contributed by atoms with van der Waals surface area (Å²) in [4.78, 5) is -1.62. The van der Waals surface area contributed by atoms with Gasteiger partial charge in [0.1, 0.15) is 15.5 Å². The fourth-order valence-electron chi connectivity index (χ4n) is 1.99. The van der Waals surface area contributed by atoms with Gasteiger partial charge >= 0.3 is 0 Å². The standard InChI is InChI=1S/C10H11N3O7S2/c11-7-4(21(15,16)17)1-3-2-5(22(18,19)20)8(12)10(14)6(3)9(7)13/h1-2,14H,11-13H2,(H,15,16,17)(H,18,19,20). The van der Waals surface area contributed by atoms with Gasteiger partial charge in [0, 0.05) is 0 Å². The number of fused-ring (bicyclic) bond motifs is 1. The summed E-state index contributed by atoms with van der Waals surface area (Å²) in [6, 6.07) is 1.59. The van der Waals surface area contributed by atoms with E-state index >= 15 is 0 Å². The first-order valence-electron chi connectivity index (χ1n) is 5.43. The molecule has 0 atom stereocenters. The van der Waals surface area contributed by atoms with E-state index in [4.69, 9.17) is 26.3 Å². The normalized spacial score (nSPS) is 12.6. The Balaban J connectivity index is 3.11. The Bertz CT molecular complexity index is 934. The second kappa shape index (κ2) is 4.61. The zero-order valence-corrected chi connectivity index (χ0v) is 12.3. The molecule has 0 aliphatic carbocycles. The van der Waals surface area contributed by atoms with Crippen LogP contribution in [0.3, 0.4) is 0 Å². The third-order valence-electron chi connectivity index (χ3n) is 3.00. The molecule has 0 aliphatic rings. The number of rotatable bonds is 2. The van der Waals surface area contributed by atoms with E-state index in [1.807, 2.05) is 0 Å². The number of aromatic hydroxyl groups is 1. The van der Waals surface area contributed by atoms with Gasteiger partial charge in [-0.3, -0.25) is 9.11 Å². The van der Waals surface area contributed by atoms with E-state index in [1.165, 1.54) is 0 Å². The van der Waals surface area contributed by atoms with E-state index in [0.717, 1.165) is 12.1 Å². The van der Waals surface area contributed by atoms with Crippen molar-refractivity contribution in [2.75, 3.05) is 17.2 Å². The van der Waals surface area contributed by atoms with Crippen molar-refractivity contribution in [1.82, 2.24) is 0 Å². The highest BCUT2D eigenvalue weighted by Crippen LogP contribution is 2.43. The van der Waals surface area contributed by atoms with Crippen LogP contribution in [0, 0.1) is 0 Å². The maximum atomic E-state index is 11.2. The van der Waals surface area contributed by atoms with Gasteiger partial charge in [-0.1, -0.05) is 0 Å². The predicted octanol–water partition coefficient (Wildman–Crippen LogP) is -0.215. The van der Waals surface area contributed by atoms with E-state index in [1.54, 1.807) is 0 Å². The molecule has 0 heterocycles. The van der Waals surface area contributed by atoms with Crippen molar-refractivity contribution in [3.63, 3.8) is 0 Å². The van der Waals surface area contributed by atoms with E-state index in [2.05, 4.69) is 0 Å². The summed E-state index contributed by atoms with van der Waals surface area (Å²) in [5.41, 5.74) is 14.9. The van der Waals surface area contributed by atoms with Crippen molar-refractivity contribution in [3.8, 4) is 5.75 Å². The van der Waals surface area contributed by atoms with Crippen molar-refractivity contribution in [1.29, 1.82) is 0 Å². The molecule has 0 radical (unpaired) electrons. The Morgan fingerprint density at radius 1 is 0.773 bits per heavy atom. The lowest BCUT2D eigenvalue weighted by molar-refractivity contribution is 0.473. The number of benzene rings is 2. The lowest BCUT2D eigenvalue weighted by Gasteiger charge is -2.14. The molecular formula is C10H11N3O7S2. The molecule has 2 rings (SSSR count). The van der Waals surface area contributed by atoms with Gasteiger partial charge in [0.25, 0.3) is 20.2 Å². The SMILES string of the molecule is Nc1c(S(=O)(=O)O)cc2cc(S(=O)(=O)O)c(N)c(O)c2c1N. The number of nitrogens with two attached hydrogens (primary N) is 3. The maximum absolute atomic E-state index is 11.2. The number of hydrogen-bond donors (Lipinski definition) is 6. The van der Waals surface area contributed by atoms with Crippen molar-refractivity contribution in [2.24, 2.45) is 0 Å². The number of anilines is 3. The Kier molecular flexibility index (Phi) is 3.37. The minimum absolute atomic E-state index is 0.210. The number of phenols is 1. The van der Waals surface area contributed by atoms with Gasteiger partial charge in [0.2, 0.25) is 0 Å². The predicted molar refractivity (Wildman–Crippen MR) is 78.5 cm³/mol. The highest BCUT2D eigenvalue weighted by Gasteiger charge is 2.25. The second-order valence-corrected chi connectivity index (χ2v) is 7.17. The summed E-state index contributed by atoms with van der Waals surface area (Å²) in [7, 11) is -9.54. The molecule has 12 heteroatoms. The van der Waals surface area contributed by atoms with Gasteiger partial charge in [0.15, 0.2) is 0 Å². The molecule has 0 aliphatic heterocycles. The average Bonchev–Trinajstić information content (AvgIpc) is 2.34. The van der Waals surface area contributed by atoms with Gasteiger partial charge in [0.05, 0.1) is 22.4 Å². The van der Waals surface area contributed by atoms with Gasteiger partial charge in [-0.05, 0) is 17.5 Å². The van der Waals surface area contributed by atoms with Crippen LogP contribution in [-0.2, 0) is 20.2 Å². The molecule has 0 bridgehead atoms. The first kappa shape index (κ1) is 16.1. The van der Waals surface area contributed by atoms with Gasteiger partial charge < -0.3 is 22.3 Å². The number of hydrogen-bond acceptors (Lipinski definition) is 8. The molecule has 0 amide bonds. The Morgan fingerprint density at radius 2 is 1.18 bits per heavy atom. The molecule has 9 N–H and O–H groups in total. The van der Waals surface area contributed by atoms with Gasteiger partial charge in [-0.25, -0.2) is 0 Å². The van der Waals surface area contributed by atoms with Crippen LogP contribution in [0.25, 0.3) is 10.8 Å². The lowest BCUT2D eigenvalue weighted by Crippen LogP contribution is -2.08. The van der Waals surface area contributed by atoms with Crippen LogP contribution in [0.15, 0.2) is 21.9 Å². The average molecular weight is 349 g/mol. The monoisotopic (exact) mass is 349 g/mol. The number of phenolic OH excluding ortho intramolecular Hbond substituents is 1. The minimum Gasteiger partial charge on any atom is -0.505 e. The smallest absolute Gasteiger partial charge is 0.296 e. The molecule has 2 aromatic carbocycles. The molecule has 22 heavy (non-hydrogen) atoms. The Morgan fingerprint density at radius 3 is 1.59 bits per heavy atom. The van der Waals surface area contributed by atoms with E-state index in [0.29, 0.717) is 0 Å². The van der Waals surface area contributed by atoms with E-state index in [9.17, 15) is 21.9 Å². The van der Waals surface area contributed by atoms with Crippen molar-refractivity contribution < 1.29 is 31.0 Å². The molecule has 0 unspecified atom stereocenters. The maximum Gasteiger partial charge on any atom is 0.296 e.